The van der Waals surface area contributed by atoms with E-state index in [-0.39, 0.29) is 0 Å². The van der Waals surface area contributed by atoms with Gasteiger partial charge in [-0.2, -0.15) is 13.2 Å². The lowest BCUT2D eigenvalue weighted by Crippen LogP contribution is -2.21. The number of carbonyl (C=O) groups is 1. The molecule has 0 atom stereocenters. The van der Waals surface area contributed by atoms with Crippen molar-refractivity contribution in [1.82, 2.24) is 5.32 Å². The standard InChI is InChI=1S/C8H8IN.C2HF3O2/c9-8-2-1-6-4-10-5-7(6)3-8;3-2(4,5)1(6)7/h1-3,10H,4-5H2;(H,6,7). The number of nitrogens with one attached hydrogen (secondary N) is 1. The molecule has 2 rings (SSSR count). The van der Waals surface area contributed by atoms with E-state index in [1.807, 2.05) is 0 Å². The molecule has 0 aromatic heterocycles. The molecule has 2 N–H and O–H groups in total. The third kappa shape index (κ3) is 4.50. The van der Waals surface area contributed by atoms with Gasteiger partial charge in [-0.05, 0) is 45.9 Å². The molecule has 0 spiro atoms. The van der Waals surface area contributed by atoms with E-state index in [9.17, 15) is 13.2 Å². The third-order valence-corrected chi connectivity index (χ3v) is 2.71. The number of halogens is 4. The topological polar surface area (TPSA) is 49.3 Å². The Morgan fingerprint density at radius 3 is 2.35 bits per heavy atom. The van der Waals surface area contributed by atoms with E-state index in [1.54, 1.807) is 0 Å². The molecule has 17 heavy (non-hydrogen) atoms. The number of carboxylic acids is 1. The molecule has 0 unspecified atom stereocenters. The van der Waals surface area contributed by atoms with E-state index >= 15 is 0 Å². The van der Waals surface area contributed by atoms with Crippen LogP contribution in [0.15, 0.2) is 18.2 Å². The summed E-state index contributed by atoms with van der Waals surface area (Å²) in [6.45, 7) is 2.10. The number of hydrogen-bond donors (Lipinski definition) is 2. The predicted molar refractivity (Wildman–Crippen MR) is 63.4 cm³/mol. The lowest BCUT2D eigenvalue weighted by molar-refractivity contribution is -0.192. The molecule has 1 aromatic rings. The van der Waals surface area contributed by atoms with E-state index in [1.165, 1.54) is 14.7 Å². The van der Waals surface area contributed by atoms with Crippen molar-refractivity contribution in [3.8, 4) is 0 Å². The minimum atomic E-state index is -5.08. The van der Waals surface area contributed by atoms with Gasteiger partial charge in [0.05, 0.1) is 0 Å². The Morgan fingerprint density at radius 2 is 1.82 bits per heavy atom. The molecule has 7 heteroatoms. The third-order valence-electron chi connectivity index (χ3n) is 2.04. The van der Waals surface area contributed by atoms with Gasteiger partial charge in [0.2, 0.25) is 0 Å². The van der Waals surface area contributed by atoms with Crippen LogP contribution in [0.1, 0.15) is 11.1 Å². The summed E-state index contributed by atoms with van der Waals surface area (Å²) in [6.07, 6.45) is -5.08. The van der Waals surface area contributed by atoms with Crippen molar-refractivity contribution in [2.45, 2.75) is 19.3 Å². The number of alkyl halides is 3. The number of benzene rings is 1. The first-order chi connectivity index (χ1) is 7.80. The summed E-state index contributed by atoms with van der Waals surface area (Å²) in [7, 11) is 0. The van der Waals surface area contributed by atoms with Crippen LogP contribution in [0.2, 0.25) is 0 Å². The molecule has 0 saturated carbocycles. The predicted octanol–water partition coefficient (Wildman–Crippen LogP) is 2.53. The second-order valence-corrected chi connectivity index (χ2v) is 4.57. The second kappa shape index (κ2) is 5.67. The zero-order valence-electron chi connectivity index (χ0n) is 8.51. The van der Waals surface area contributed by atoms with Gasteiger partial charge in [-0.25, -0.2) is 4.79 Å². The minimum Gasteiger partial charge on any atom is -0.475 e. The van der Waals surface area contributed by atoms with Gasteiger partial charge in [0.25, 0.3) is 0 Å². The Hall–Kier alpha value is -0.830. The van der Waals surface area contributed by atoms with E-state index in [0.717, 1.165) is 13.1 Å². The lowest BCUT2D eigenvalue weighted by Gasteiger charge is -1.95. The number of fused-ring (bicyclic) bond motifs is 1. The Labute approximate surface area is 109 Å². The van der Waals surface area contributed by atoms with Crippen LogP contribution >= 0.6 is 22.6 Å². The van der Waals surface area contributed by atoms with Gasteiger partial charge in [0.1, 0.15) is 0 Å². The number of carboxylic acid groups (broad SMARTS) is 1. The van der Waals surface area contributed by atoms with Gasteiger partial charge in [0, 0.05) is 16.7 Å². The average molecular weight is 359 g/mol. The van der Waals surface area contributed by atoms with Gasteiger partial charge in [-0.1, -0.05) is 6.07 Å². The second-order valence-electron chi connectivity index (χ2n) is 3.32. The monoisotopic (exact) mass is 359 g/mol. The molecular formula is C10H9F3INO2. The first-order valence-electron chi connectivity index (χ1n) is 4.59. The molecule has 0 saturated heterocycles. The Balaban J connectivity index is 0.000000185. The molecule has 0 amide bonds. The molecule has 1 aliphatic heterocycles. The van der Waals surface area contributed by atoms with Gasteiger partial charge in [-0.3, -0.25) is 0 Å². The number of rotatable bonds is 0. The SMILES string of the molecule is Ic1ccc2c(c1)CNC2.O=C(O)C(F)(F)F. The first kappa shape index (κ1) is 14.2. The van der Waals surface area contributed by atoms with E-state index in [2.05, 4.69) is 46.1 Å². The maximum Gasteiger partial charge on any atom is 0.490 e. The highest BCUT2D eigenvalue weighted by Crippen LogP contribution is 2.17. The van der Waals surface area contributed by atoms with Crippen LogP contribution < -0.4 is 5.32 Å². The fourth-order valence-electron chi connectivity index (χ4n) is 1.26. The maximum atomic E-state index is 10.6. The number of hydrogen-bond acceptors (Lipinski definition) is 2. The summed E-state index contributed by atoms with van der Waals surface area (Å²) in [4.78, 5) is 8.90. The Kier molecular flexibility index (Phi) is 4.75. The zero-order valence-corrected chi connectivity index (χ0v) is 10.7. The molecule has 1 heterocycles. The zero-order chi connectivity index (χ0) is 13.1. The van der Waals surface area contributed by atoms with Crippen LogP contribution in [-0.2, 0) is 17.9 Å². The first-order valence-corrected chi connectivity index (χ1v) is 5.66. The molecule has 0 radical (unpaired) electrons. The molecule has 1 aliphatic rings. The highest BCUT2D eigenvalue weighted by atomic mass is 127. The number of aliphatic carboxylic acids is 1. The quantitative estimate of drug-likeness (QED) is 0.700. The van der Waals surface area contributed by atoms with Crippen molar-refractivity contribution >= 4 is 28.6 Å². The van der Waals surface area contributed by atoms with Crippen molar-refractivity contribution in [3.63, 3.8) is 0 Å². The summed E-state index contributed by atoms with van der Waals surface area (Å²) in [5, 5.41) is 10.4. The fourth-order valence-corrected chi connectivity index (χ4v) is 1.82. The summed E-state index contributed by atoms with van der Waals surface area (Å²) < 4.78 is 33.1. The van der Waals surface area contributed by atoms with Gasteiger partial charge in [-0.15, -0.1) is 0 Å². The molecule has 0 aliphatic carbocycles. The maximum absolute atomic E-state index is 10.6. The van der Waals surface area contributed by atoms with Gasteiger partial charge in [0.15, 0.2) is 0 Å². The molecular weight excluding hydrogens is 350 g/mol. The van der Waals surface area contributed by atoms with Crippen LogP contribution in [0.25, 0.3) is 0 Å². The Morgan fingerprint density at radius 1 is 1.29 bits per heavy atom. The van der Waals surface area contributed by atoms with Crippen molar-refractivity contribution in [2.75, 3.05) is 0 Å². The van der Waals surface area contributed by atoms with Crippen LogP contribution in [0.5, 0.6) is 0 Å². The van der Waals surface area contributed by atoms with Crippen molar-refractivity contribution in [3.05, 3.63) is 32.9 Å². The van der Waals surface area contributed by atoms with E-state index in [0.29, 0.717) is 0 Å². The van der Waals surface area contributed by atoms with Crippen molar-refractivity contribution in [2.24, 2.45) is 0 Å². The summed E-state index contributed by atoms with van der Waals surface area (Å²) in [5.74, 6) is -2.76. The fraction of sp³-hybridized carbons (Fsp3) is 0.300. The van der Waals surface area contributed by atoms with E-state index in [4.69, 9.17) is 9.90 Å². The smallest absolute Gasteiger partial charge is 0.475 e. The van der Waals surface area contributed by atoms with E-state index < -0.39 is 12.1 Å². The molecule has 0 fully saturated rings. The Bertz CT molecular complexity index is 421. The molecule has 0 bridgehead atoms. The minimum absolute atomic E-state index is 1.05. The highest BCUT2D eigenvalue weighted by molar-refractivity contribution is 14.1. The van der Waals surface area contributed by atoms with Crippen LogP contribution in [0.4, 0.5) is 13.2 Å². The van der Waals surface area contributed by atoms with Gasteiger partial charge >= 0.3 is 12.1 Å². The van der Waals surface area contributed by atoms with Gasteiger partial charge < -0.3 is 10.4 Å². The van der Waals surface area contributed by atoms with Crippen LogP contribution in [0.3, 0.4) is 0 Å². The largest absolute Gasteiger partial charge is 0.490 e. The summed E-state index contributed by atoms with van der Waals surface area (Å²) in [5.41, 5.74) is 2.92. The molecule has 3 nitrogen and oxygen atoms in total. The highest BCUT2D eigenvalue weighted by Gasteiger charge is 2.38. The van der Waals surface area contributed by atoms with Crippen molar-refractivity contribution in [1.29, 1.82) is 0 Å². The summed E-state index contributed by atoms with van der Waals surface area (Å²) >= 11 is 2.35. The van der Waals surface area contributed by atoms with Crippen molar-refractivity contribution < 1.29 is 23.1 Å². The van der Waals surface area contributed by atoms with Crippen LogP contribution in [0, 0.1) is 3.57 Å². The molecule has 94 valence electrons. The molecule has 1 aromatic carbocycles. The normalized spacial score (nSPS) is 13.6. The van der Waals surface area contributed by atoms with Crippen LogP contribution in [-0.4, -0.2) is 17.3 Å². The summed E-state index contributed by atoms with van der Waals surface area (Å²) in [6, 6.07) is 6.61. The average Bonchev–Trinajstić information content (AvgIpc) is 2.63. The lowest BCUT2D eigenvalue weighted by atomic mass is 10.1.